The molecular weight excluding hydrogens is 231 g/mol. The van der Waals surface area contributed by atoms with Gasteiger partial charge in [0.15, 0.2) is 0 Å². The molecule has 1 rings (SSSR count). The van der Waals surface area contributed by atoms with E-state index < -0.39 is 16.0 Å². The van der Waals surface area contributed by atoms with Crippen LogP contribution in [-0.2, 0) is 25.5 Å². The Bertz CT molecular complexity index is 232. The third-order valence-corrected chi connectivity index (χ3v) is 4.42. The molecule has 1 aliphatic carbocycles. The Labute approximate surface area is 70.9 Å². The molecule has 0 atom stereocenters. The second kappa shape index (κ2) is 3.73. The van der Waals surface area contributed by atoms with Crippen LogP contribution < -0.4 is 0 Å². The molecule has 0 aromatic rings. The van der Waals surface area contributed by atoms with Crippen LogP contribution in [-0.4, -0.2) is 9.76 Å². The summed E-state index contributed by atoms with van der Waals surface area (Å²) in [6, 6.07) is 0. The van der Waals surface area contributed by atoms with Crippen molar-refractivity contribution in [2.45, 2.75) is 13.3 Å². The second-order valence-corrected chi connectivity index (χ2v) is 5.38. The first-order chi connectivity index (χ1) is 5.29. The van der Waals surface area contributed by atoms with E-state index in [9.17, 15) is 9.59 Å². The topological polar surface area (TPSA) is 34.1 Å². The van der Waals surface area contributed by atoms with Gasteiger partial charge in [-0.2, -0.15) is 0 Å². The average molecular weight is 240 g/mol. The first kappa shape index (κ1) is 8.54. The maximum atomic E-state index is 10.4. The third-order valence-electron chi connectivity index (χ3n) is 1.47. The molecule has 0 radical (unpaired) electrons. The van der Waals surface area contributed by atoms with Crippen molar-refractivity contribution < 1.29 is 25.5 Å². The van der Waals surface area contributed by atoms with Gasteiger partial charge < -0.3 is 0 Å². The van der Waals surface area contributed by atoms with Crippen molar-refractivity contribution in [2.24, 2.45) is 0 Å². The van der Waals surface area contributed by atoms with Gasteiger partial charge in [0.2, 0.25) is 0 Å². The van der Waals surface area contributed by atoms with Gasteiger partial charge in [0.25, 0.3) is 0 Å². The van der Waals surface area contributed by atoms with Gasteiger partial charge in [-0.25, -0.2) is 0 Å². The summed E-state index contributed by atoms with van der Waals surface area (Å²) in [5, 5.41) is 0. The molecule has 0 aromatic heterocycles. The van der Waals surface area contributed by atoms with Gasteiger partial charge in [0.1, 0.15) is 0 Å². The van der Waals surface area contributed by atoms with Crippen LogP contribution in [0.2, 0.25) is 0 Å². The van der Waals surface area contributed by atoms with Crippen molar-refractivity contribution in [3.63, 3.8) is 0 Å². The van der Waals surface area contributed by atoms with Crippen LogP contribution in [0.25, 0.3) is 0 Å². The van der Waals surface area contributed by atoms with Crippen molar-refractivity contribution in [2.75, 3.05) is 0 Å². The first-order valence-corrected chi connectivity index (χ1v) is 5.87. The normalized spacial score (nSPS) is 17.0. The van der Waals surface area contributed by atoms with Gasteiger partial charge >= 0.3 is 70.5 Å². The van der Waals surface area contributed by atoms with Crippen LogP contribution in [0, 0.1) is 0 Å². The summed E-state index contributed by atoms with van der Waals surface area (Å²) in [6.07, 6.45) is 4.77. The first-order valence-electron chi connectivity index (χ1n) is 3.16. The molecule has 0 fully saturated rings. The fourth-order valence-electron chi connectivity index (χ4n) is 0.925. The SMILES string of the molecule is CC1=[C]([Rh]([CH]=O)[CH]=O)CC=C1. The van der Waals surface area contributed by atoms with Crippen LogP contribution in [0.5, 0.6) is 0 Å². The van der Waals surface area contributed by atoms with E-state index in [-0.39, 0.29) is 0 Å². The minimum absolute atomic E-state index is 0.802. The summed E-state index contributed by atoms with van der Waals surface area (Å²) < 4.78 is 1.07. The summed E-state index contributed by atoms with van der Waals surface area (Å²) in [6.45, 7) is 1.95. The molecule has 2 nitrogen and oxygen atoms in total. The molecule has 0 heterocycles. The summed E-state index contributed by atoms with van der Waals surface area (Å²) in [7, 11) is 0. The molecule has 62 valence electrons. The van der Waals surface area contributed by atoms with E-state index in [1.807, 2.05) is 19.1 Å². The quantitative estimate of drug-likeness (QED) is 0.549. The van der Waals surface area contributed by atoms with Gasteiger partial charge in [-0.3, -0.25) is 0 Å². The van der Waals surface area contributed by atoms with Gasteiger partial charge in [-0.05, 0) is 0 Å². The molecule has 0 N–H and O–H groups in total. The molecular formula is C8H9O2Rh. The standard InChI is InChI=1S/C6H7.2CHO.Rh/c1-6-4-2-3-5-6;2*1-2;/h2,4H,3H2,1H3;2*1H;. The molecule has 3 heteroatoms. The van der Waals surface area contributed by atoms with E-state index in [4.69, 9.17) is 0 Å². The zero-order chi connectivity index (χ0) is 8.27. The molecule has 0 aliphatic heterocycles. The molecule has 11 heavy (non-hydrogen) atoms. The van der Waals surface area contributed by atoms with Gasteiger partial charge in [0, 0.05) is 0 Å². The summed E-state index contributed by atoms with van der Waals surface area (Å²) in [4.78, 5) is 22.5. The van der Waals surface area contributed by atoms with Gasteiger partial charge in [-0.1, -0.05) is 0 Å². The molecule has 0 saturated heterocycles. The molecule has 0 spiro atoms. The zero-order valence-corrected chi connectivity index (χ0v) is 7.81. The molecule has 0 amide bonds. The number of hydrogen-bond donors (Lipinski definition) is 0. The van der Waals surface area contributed by atoms with Crippen LogP contribution in [0.4, 0.5) is 0 Å². The molecule has 0 bridgehead atoms. The Morgan fingerprint density at radius 3 is 2.45 bits per heavy atom. The number of rotatable bonds is 3. The van der Waals surface area contributed by atoms with Crippen LogP contribution >= 0.6 is 0 Å². The number of carbonyl (C=O) groups excluding carboxylic acids is 2. The Balaban J connectivity index is 2.82. The Hall–Kier alpha value is -0.557. The Kier molecular flexibility index (Phi) is 2.89. The van der Waals surface area contributed by atoms with Crippen LogP contribution in [0.15, 0.2) is 21.9 Å². The fraction of sp³-hybridized carbons (Fsp3) is 0.250. The second-order valence-electron chi connectivity index (χ2n) is 2.13. The number of hydrogen-bond acceptors (Lipinski definition) is 2. The average Bonchev–Trinajstić information content (AvgIpc) is 2.40. The summed E-state index contributed by atoms with van der Waals surface area (Å²) >= 11 is -1.76. The molecule has 1 aliphatic rings. The van der Waals surface area contributed by atoms with Gasteiger partial charge in [0.05, 0.1) is 0 Å². The van der Waals surface area contributed by atoms with E-state index in [0.717, 1.165) is 25.9 Å². The van der Waals surface area contributed by atoms with E-state index in [0.29, 0.717) is 0 Å². The Morgan fingerprint density at radius 1 is 1.45 bits per heavy atom. The van der Waals surface area contributed by atoms with Crippen molar-refractivity contribution in [1.82, 2.24) is 0 Å². The van der Waals surface area contributed by atoms with Crippen molar-refractivity contribution >= 4 is 9.76 Å². The van der Waals surface area contributed by atoms with Crippen molar-refractivity contribution in [3.8, 4) is 0 Å². The molecule has 0 saturated carbocycles. The van der Waals surface area contributed by atoms with E-state index in [1.165, 1.54) is 0 Å². The Morgan fingerprint density at radius 2 is 2.09 bits per heavy atom. The predicted molar refractivity (Wildman–Crippen MR) is 40.0 cm³/mol. The van der Waals surface area contributed by atoms with Crippen molar-refractivity contribution in [1.29, 1.82) is 0 Å². The van der Waals surface area contributed by atoms with E-state index >= 15 is 0 Å². The summed E-state index contributed by atoms with van der Waals surface area (Å²) in [5.74, 6) is 0. The van der Waals surface area contributed by atoms with Crippen LogP contribution in [0.3, 0.4) is 0 Å². The monoisotopic (exact) mass is 240 g/mol. The predicted octanol–water partition coefficient (Wildman–Crippen LogP) is 1.22. The third kappa shape index (κ3) is 1.72. The molecule has 0 unspecified atom stereocenters. The van der Waals surface area contributed by atoms with Crippen LogP contribution in [0.1, 0.15) is 13.3 Å². The summed E-state index contributed by atoms with van der Waals surface area (Å²) in [5.41, 5.74) is 1.11. The maximum absolute atomic E-state index is 10.4. The van der Waals surface area contributed by atoms with Crippen molar-refractivity contribution in [3.05, 3.63) is 21.9 Å². The number of allylic oxidation sites excluding steroid dienone is 4. The molecule has 0 aromatic carbocycles. The van der Waals surface area contributed by atoms with E-state index in [1.54, 1.807) is 0 Å². The number of carbonyl (C=O) groups is 2. The van der Waals surface area contributed by atoms with Gasteiger partial charge in [-0.15, -0.1) is 0 Å². The minimum atomic E-state index is -1.76. The van der Waals surface area contributed by atoms with E-state index in [2.05, 4.69) is 0 Å². The fourth-order valence-corrected chi connectivity index (χ4v) is 2.94. The zero-order valence-electron chi connectivity index (χ0n) is 6.17.